The molecule has 0 fully saturated rings. The molecule has 0 saturated heterocycles. The second-order valence-electron chi connectivity index (χ2n) is 4.62. The Morgan fingerprint density at radius 1 is 1.16 bits per heavy atom. The quantitative estimate of drug-likeness (QED) is 0.758. The Balaban J connectivity index is 1.81. The van der Waals surface area contributed by atoms with E-state index in [2.05, 4.69) is 39.1 Å². The van der Waals surface area contributed by atoms with Gasteiger partial charge >= 0.3 is 0 Å². The van der Waals surface area contributed by atoms with Crippen LogP contribution in [0, 0.1) is 0 Å². The Morgan fingerprint density at radius 2 is 1.95 bits per heavy atom. The number of aromatic nitrogens is 1. The Bertz CT molecular complexity index is 610. The smallest absolute Gasteiger partial charge is 0.255 e. The number of rotatable bonds is 1. The van der Waals surface area contributed by atoms with E-state index >= 15 is 0 Å². The number of hydrogen-bond acceptors (Lipinski definition) is 2. The molecule has 0 aliphatic carbocycles. The van der Waals surface area contributed by atoms with Crippen LogP contribution in [-0.2, 0) is 13.0 Å². The average molecular weight is 317 g/mol. The van der Waals surface area contributed by atoms with E-state index < -0.39 is 0 Å². The molecule has 96 valence electrons. The van der Waals surface area contributed by atoms with Gasteiger partial charge in [-0.1, -0.05) is 24.3 Å². The fourth-order valence-corrected chi connectivity index (χ4v) is 2.59. The Labute approximate surface area is 120 Å². The molecule has 1 aromatic heterocycles. The van der Waals surface area contributed by atoms with Gasteiger partial charge in [0, 0.05) is 19.3 Å². The Hall–Kier alpha value is -1.68. The molecule has 2 aromatic rings. The molecule has 0 spiro atoms. The zero-order valence-corrected chi connectivity index (χ0v) is 11.9. The molecular weight excluding hydrogens is 304 g/mol. The highest BCUT2D eigenvalue weighted by Crippen LogP contribution is 2.20. The SMILES string of the molecule is O=C(c1ccc(Br)nc1)N1CCc2ccccc2C1. The second-order valence-corrected chi connectivity index (χ2v) is 5.43. The molecule has 0 saturated carbocycles. The number of carbonyl (C=O) groups excluding carboxylic acids is 1. The summed E-state index contributed by atoms with van der Waals surface area (Å²) in [6.07, 6.45) is 2.54. The van der Waals surface area contributed by atoms with Gasteiger partial charge in [-0.2, -0.15) is 0 Å². The highest BCUT2D eigenvalue weighted by Gasteiger charge is 2.21. The standard InChI is InChI=1S/C15H13BrN2O/c16-14-6-5-12(9-17-14)15(19)18-8-7-11-3-1-2-4-13(11)10-18/h1-6,9H,7-8,10H2. The molecule has 0 radical (unpaired) electrons. The zero-order chi connectivity index (χ0) is 13.2. The predicted octanol–water partition coefficient (Wildman–Crippen LogP) is 3.04. The van der Waals surface area contributed by atoms with Crippen molar-refractivity contribution < 1.29 is 4.79 Å². The largest absolute Gasteiger partial charge is 0.334 e. The van der Waals surface area contributed by atoms with Gasteiger partial charge in [-0.15, -0.1) is 0 Å². The Morgan fingerprint density at radius 3 is 2.68 bits per heavy atom. The highest BCUT2D eigenvalue weighted by atomic mass is 79.9. The number of pyridine rings is 1. The number of carbonyl (C=O) groups is 1. The molecule has 1 aromatic carbocycles. The molecule has 3 rings (SSSR count). The lowest BCUT2D eigenvalue weighted by atomic mass is 9.99. The van der Waals surface area contributed by atoms with Gasteiger partial charge in [-0.05, 0) is 45.6 Å². The molecule has 19 heavy (non-hydrogen) atoms. The average Bonchev–Trinajstić information content (AvgIpc) is 2.47. The molecule has 2 heterocycles. The van der Waals surface area contributed by atoms with Gasteiger partial charge in [0.05, 0.1) is 5.56 Å². The molecule has 0 N–H and O–H groups in total. The van der Waals surface area contributed by atoms with Crippen LogP contribution in [0.3, 0.4) is 0 Å². The van der Waals surface area contributed by atoms with Crippen LogP contribution in [0.5, 0.6) is 0 Å². The van der Waals surface area contributed by atoms with Gasteiger partial charge in [0.2, 0.25) is 0 Å². The van der Waals surface area contributed by atoms with Crippen molar-refractivity contribution in [3.63, 3.8) is 0 Å². The van der Waals surface area contributed by atoms with Crippen molar-refractivity contribution in [3.05, 3.63) is 63.9 Å². The van der Waals surface area contributed by atoms with E-state index in [9.17, 15) is 4.79 Å². The van der Waals surface area contributed by atoms with Crippen LogP contribution in [0.2, 0.25) is 0 Å². The topological polar surface area (TPSA) is 33.2 Å². The van der Waals surface area contributed by atoms with Crippen molar-refractivity contribution in [1.82, 2.24) is 9.88 Å². The van der Waals surface area contributed by atoms with Crippen LogP contribution < -0.4 is 0 Å². The van der Waals surface area contributed by atoms with E-state index in [1.54, 1.807) is 18.3 Å². The molecule has 0 bridgehead atoms. The van der Waals surface area contributed by atoms with Crippen LogP contribution >= 0.6 is 15.9 Å². The summed E-state index contributed by atoms with van der Waals surface area (Å²) in [5.74, 6) is 0.0505. The molecule has 1 amide bonds. The van der Waals surface area contributed by atoms with Crippen molar-refractivity contribution in [2.75, 3.05) is 6.54 Å². The van der Waals surface area contributed by atoms with Gasteiger partial charge < -0.3 is 4.90 Å². The maximum absolute atomic E-state index is 12.4. The zero-order valence-electron chi connectivity index (χ0n) is 10.3. The van der Waals surface area contributed by atoms with E-state index in [1.165, 1.54) is 11.1 Å². The summed E-state index contributed by atoms with van der Waals surface area (Å²) in [7, 11) is 0. The van der Waals surface area contributed by atoms with Crippen LogP contribution in [0.15, 0.2) is 47.2 Å². The lowest BCUT2D eigenvalue weighted by Gasteiger charge is -2.28. The summed E-state index contributed by atoms with van der Waals surface area (Å²) < 4.78 is 0.744. The minimum Gasteiger partial charge on any atom is -0.334 e. The van der Waals surface area contributed by atoms with Crippen LogP contribution in [0.1, 0.15) is 21.5 Å². The van der Waals surface area contributed by atoms with Crippen molar-refractivity contribution in [3.8, 4) is 0 Å². The van der Waals surface area contributed by atoms with Crippen molar-refractivity contribution in [2.45, 2.75) is 13.0 Å². The molecule has 1 aliphatic rings. The van der Waals surface area contributed by atoms with E-state index in [4.69, 9.17) is 0 Å². The maximum atomic E-state index is 12.4. The first-order valence-corrected chi connectivity index (χ1v) is 7.01. The van der Waals surface area contributed by atoms with Crippen molar-refractivity contribution >= 4 is 21.8 Å². The number of amides is 1. The predicted molar refractivity (Wildman–Crippen MR) is 76.8 cm³/mol. The third-order valence-electron chi connectivity index (χ3n) is 3.39. The minimum atomic E-state index is 0.0505. The summed E-state index contributed by atoms with van der Waals surface area (Å²) in [6.45, 7) is 1.46. The number of fused-ring (bicyclic) bond motifs is 1. The summed E-state index contributed by atoms with van der Waals surface area (Å²) in [5, 5.41) is 0. The van der Waals surface area contributed by atoms with Crippen molar-refractivity contribution in [2.24, 2.45) is 0 Å². The molecule has 0 atom stereocenters. The molecule has 4 heteroatoms. The van der Waals surface area contributed by atoms with Gasteiger partial charge in [-0.3, -0.25) is 4.79 Å². The first-order valence-electron chi connectivity index (χ1n) is 6.21. The summed E-state index contributed by atoms with van der Waals surface area (Å²) >= 11 is 3.28. The van der Waals surface area contributed by atoms with E-state index in [1.807, 2.05) is 11.0 Å². The van der Waals surface area contributed by atoms with Crippen LogP contribution in [0.25, 0.3) is 0 Å². The monoisotopic (exact) mass is 316 g/mol. The molecule has 3 nitrogen and oxygen atoms in total. The third-order valence-corrected chi connectivity index (χ3v) is 3.86. The fourth-order valence-electron chi connectivity index (χ4n) is 2.35. The number of hydrogen-bond donors (Lipinski definition) is 0. The van der Waals surface area contributed by atoms with Gasteiger partial charge in [-0.25, -0.2) is 4.98 Å². The first kappa shape index (κ1) is 12.4. The van der Waals surface area contributed by atoms with Gasteiger partial charge in [0.15, 0.2) is 0 Å². The van der Waals surface area contributed by atoms with Crippen molar-refractivity contribution in [1.29, 1.82) is 0 Å². The number of halogens is 1. The molecule has 0 unspecified atom stereocenters. The maximum Gasteiger partial charge on any atom is 0.255 e. The highest BCUT2D eigenvalue weighted by molar-refractivity contribution is 9.10. The number of nitrogens with zero attached hydrogens (tertiary/aromatic N) is 2. The van der Waals surface area contributed by atoms with E-state index in [0.29, 0.717) is 12.1 Å². The van der Waals surface area contributed by atoms with Crippen LogP contribution in [0.4, 0.5) is 0 Å². The number of benzene rings is 1. The van der Waals surface area contributed by atoms with Gasteiger partial charge in [0.1, 0.15) is 4.60 Å². The normalized spacial score (nSPS) is 14.1. The lowest BCUT2D eigenvalue weighted by molar-refractivity contribution is 0.0734. The summed E-state index contributed by atoms with van der Waals surface area (Å²) in [4.78, 5) is 18.4. The molecule has 1 aliphatic heterocycles. The minimum absolute atomic E-state index is 0.0505. The van der Waals surface area contributed by atoms with E-state index in [-0.39, 0.29) is 5.91 Å². The summed E-state index contributed by atoms with van der Waals surface area (Å²) in [6, 6.07) is 11.9. The second kappa shape index (κ2) is 5.13. The fraction of sp³-hybridized carbons (Fsp3) is 0.200. The Kier molecular flexibility index (Phi) is 3.34. The lowest BCUT2D eigenvalue weighted by Crippen LogP contribution is -2.35. The summed E-state index contributed by atoms with van der Waals surface area (Å²) in [5.41, 5.74) is 3.23. The van der Waals surface area contributed by atoms with E-state index in [0.717, 1.165) is 17.6 Å². The first-order chi connectivity index (χ1) is 9.24. The van der Waals surface area contributed by atoms with Gasteiger partial charge in [0.25, 0.3) is 5.91 Å². The molecular formula is C15H13BrN2O. The third kappa shape index (κ3) is 2.54. The van der Waals surface area contributed by atoms with Crippen LogP contribution in [-0.4, -0.2) is 22.3 Å².